The first-order chi connectivity index (χ1) is 9.54. The first kappa shape index (κ1) is 16.1. The van der Waals surface area contributed by atoms with Gasteiger partial charge in [0.1, 0.15) is 0 Å². The number of hydrogen-bond donors (Lipinski definition) is 2. The second kappa shape index (κ2) is 8.27. The molecule has 0 aliphatic rings. The van der Waals surface area contributed by atoms with Crippen molar-refractivity contribution in [1.29, 1.82) is 0 Å². The minimum Gasteiger partial charge on any atom is -0.465 e. The van der Waals surface area contributed by atoms with E-state index in [9.17, 15) is 4.79 Å². The van der Waals surface area contributed by atoms with Crippen LogP contribution >= 0.6 is 12.2 Å². The van der Waals surface area contributed by atoms with E-state index in [0.29, 0.717) is 17.4 Å². The molecule has 6 heteroatoms. The van der Waals surface area contributed by atoms with Crippen molar-refractivity contribution < 1.29 is 9.53 Å². The van der Waals surface area contributed by atoms with Gasteiger partial charge in [-0.3, -0.25) is 10.2 Å². The molecule has 1 atom stereocenters. The lowest BCUT2D eigenvalue weighted by Crippen LogP contribution is -2.28. The summed E-state index contributed by atoms with van der Waals surface area (Å²) in [6, 6.07) is 9.52. The summed E-state index contributed by atoms with van der Waals surface area (Å²) >= 11 is 5.11. The third-order valence-corrected chi connectivity index (χ3v) is 2.83. The van der Waals surface area contributed by atoms with Crippen LogP contribution in [0.15, 0.2) is 35.4 Å². The molecule has 0 saturated carbocycles. The molecular formula is C14H19N3O2S. The molecule has 0 aliphatic heterocycles. The zero-order chi connectivity index (χ0) is 15.0. The van der Waals surface area contributed by atoms with Crippen molar-refractivity contribution in [2.24, 2.45) is 11.0 Å². The Bertz CT molecular complexity index is 488. The molecule has 1 aromatic carbocycles. The smallest absolute Gasteiger partial charge is 0.314 e. The SMILES string of the molecule is CCOC(=O)C(C)/C(C)=N/NC(=S)Nc1ccccc1. The number of esters is 1. The lowest BCUT2D eigenvalue weighted by Gasteiger charge is -2.11. The summed E-state index contributed by atoms with van der Waals surface area (Å²) in [7, 11) is 0. The molecule has 108 valence electrons. The van der Waals surface area contributed by atoms with Gasteiger partial charge >= 0.3 is 5.97 Å². The Labute approximate surface area is 124 Å². The normalized spacial score (nSPS) is 12.4. The average Bonchev–Trinajstić information content (AvgIpc) is 2.45. The van der Waals surface area contributed by atoms with Gasteiger partial charge in [0.15, 0.2) is 5.11 Å². The van der Waals surface area contributed by atoms with E-state index in [1.165, 1.54) is 0 Å². The maximum atomic E-state index is 11.5. The fourth-order valence-electron chi connectivity index (χ4n) is 1.35. The lowest BCUT2D eigenvalue weighted by atomic mass is 10.1. The molecule has 1 aromatic rings. The molecule has 0 radical (unpaired) electrons. The van der Waals surface area contributed by atoms with E-state index in [-0.39, 0.29) is 5.97 Å². The van der Waals surface area contributed by atoms with Gasteiger partial charge in [-0.2, -0.15) is 5.10 Å². The van der Waals surface area contributed by atoms with E-state index in [4.69, 9.17) is 17.0 Å². The summed E-state index contributed by atoms with van der Waals surface area (Å²) < 4.78 is 4.93. The fourth-order valence-corrected chi connectivity index (χ4v) is 1.52. The summed E-state index contributed by atoms with van der Waals surface area (Å²) in [5.74, 6) is -0.695. The average molecular weight is 293 g/mol. The Morgan fingerprint density at radius 3 is 2.65 bits per heavy atom. The molecule has 0 aromatic heterocycles. The minimum absolute atomic E-state index is 0.294. The molecule has 0 fully saturated rings. The monoisotopic (exact) mass is 293 g/mol. The van der Waals surface area contributed by atoms with Crippen LogP contribution in [0.4, 0.5) is 5.69 Å². The fraction of sp³-hybridized carbons (Fsp3) is 0.357. The van der Waals surface area contributed by atoms with E-state index >= 15 is 0 Å². The number of rotatable bonds is 5. The van der Waals surface area contributed by atoms with Crippen molar-refractivity contribution in [2.75, 3.05) is 11.9 Å². The molecule has 0 amide bonds. The first-order valence-electron chi connectivity index (χ1n) is 6.37. The maximum Gasteiger partial charge on any atom is 0.314 e. The van der Waals surface area contributed by atoms with Crippen LogP contribution in [0.5, 0.6) is 0 Å². The highest BCUT2D eigenvalue weighted by Crippen LogP contribution is 2.05. The predicted molar refractivity (Wildman–Crippen MR) is 84.7 cm³/mol. The van der Waals surface area contributed by atoms with Crippen molar-refractivity contribution in [1.82, 2.24) is 5.43 Å². The van der Waals surface area contributed by atoms with Crippen LogP contribution in [-0.4, -0.2) is 23.4 Å². The van der Waals surface area contributed by atoms with Crippen LogP contribution in [0.1, 0.15) is 20.8 Å². The van der Waals surface area contributed by atoms with Gasteiger partial charge in [-0.1, -0.05) is 18.2 Å². The van der Waals surface area contributed by atoms with Gasteiger partial charge in [0.25, 0.3) is 0 Å². The number of hydrazone groups is 1. The van der Waals surface area contributed by atoms with Gasteiger partial charge in [-0.15, -0.1) is 0 Å². The van der Waals surface area contributed by atoms with Gasteiger partial charge in [0.05, 0.1) is 12.5 Å². The number of para-hydroxylation sites is 1. The quantitative estimate of drug-likeness (QED) is 0.378. The molecule has 0 aliphatic carbocycles. The Morgan fingerprint density at radius 2 is 2.05 bits per heavy atom. The van der Waals surface area contributed by atoms with E-state index in [2.05, 4.69) is 15.8 Å². The summed E-state index contributed by atoms with van der Waals surface area (Å²) in [6.45, 7) is 5.62. The summed E-state index contributed by atoms with van der Waals surface area (Å²) in [5.41, 5.74) is 4.19. The number of thiocarbonyl (C=S) groups is 1. The molecule has 5 nitrogen and oxygen atoms in total. The second-order valence-electron chi connectivity index (χ2n) is 4.16. The van der Waals surface area contributed by atoms with Crippen molar-refractivity contribution in [3.8, 4) is 0 Å². The van der Waals surface area contributed by atoms with Gasteiger partial charge in [0, 0.05) is 11.4 Å². The topological polar surface area (TPSA) is 62.7 Å². The second-order valence-corrected chi connectivity index (χ2v) is 4.57. The number of ether oxygens (including phenoxy) is 1. The van der Waals surface area contributed by atoms with Gasteiger partial charge < -0.3 is 10.1 Å². The summed E-state index contributed by atoms with van der Waals surface area (Å²) in [6.07, 6.45) is 0. The zero-order valence-corrected chi connectivity index (χ0v) is 12.7. The van der Waals surface area contributed by atoms with Crippen LogP contribution in [-0.2, 0) is 9.53 Å². The predicted octanol–water partition coefficient (Wildman–Crippen LogP) is 2.55. The van der Waals surface area contributed by atoms with Crippen molar-refractivity contribution >= 4 is 34.7 Å². The molecule has 0 spiro atoms. The van der Waals surface area contributed by atoms with Gasteiger partial charge in [-0.25, -0.2) is 0 Å². The van der Waals surface area contributed by atoms with Gasteiger partial charge in [-0.05, 0) is 45.1 Å². The highest BCUT2D eigenvalue weighted by atomic mass is 32.1. The minimum atomic E-state index is -0.401. The van der Waals surface area contributed by atoms with Gasteiger partial charge in [0.2, 0.25) is 0 Å². The maximum absolute atomic E-state index is 11.5. The molecule has 0 saturated heterocycles. The molecular weight excluding hydrogens is 274 g/mol. The third-order valence-electron chi connectivity index (χ3n) is 2.63. The highest BCUT2D eigenvalue weighted by Gasteiger charge is 2.17. The Kier molecular flexibility index (Phi) is 6.66. The molecule has 2 N–H and O–H groups in total. The lowest BCUT2D eigenvalue weighted by molar-refractivity contribution is -0.145. The van der Waals surface area contributed by atoms with E-state index < -0.39 is 5.92 Å². The van der Waals surface area contributed by atoms with Crippen LogP contribution in [0, 0.1) is 5.92 Å². The van der Waals surface area contributed by atoms with Crippen molar-refractivity contribution in [3.63, 3.8) is 0 Å². The first-order valence-corrected chi connectivity index (χ1v) is 6.78. The molecule has 20 heavy (non-hydrogen) atoms. The van der Waals surface area contributed by atoms with Crippen LogP contribution in [0.2, 0.25) is 0 Å². The van der Waals surface area contributed by atoms with Crippen molar-refractivity contribution in [2.45, 2.75) is 20.8 Å². The Hall–Kier alpha value is -1.95. The summed E-state index contributed by atoms with van der Waals surface area (Å²) in [4.78, 5) is 11.5. The summed E-state index contributed by atoms with van der Waals surface area (Å²) in [5, 5.41) is 7.44. The Morgan fingerprint density at radius 1 is 1.40 bits per heavy atom. The number of carbonyl (C=O) groups excluding carboxylic acids is 1. The number of nitrogens with one attached hydrogen (secondary N) is 2. The standard InChI is InChI=1S/C14H19N3O2S/c1-4-19-13(18)10(2)11(3)16-17-14(20)15-12-8-6-5-7-9-12/h5-10H,4H2,1-3H3,(H2,15,17,20)/b16-11+. The molecule has 0 heterocycles. The van der Waals surface area contributed by atoms with Crippen molar-refractivity contribution in [3.05, 3.63) is 30.3 Å². The van der Waals surface area contributed by atoms with E-state index in [1.54, 1.807) is 20.8 Å². The number of anilines is 1. The van der Waals surface area contributed by atoms with Crippen LogP contribution < -0.4 is 10.7 Å². The molecule has 0 bridgehead atoms. The van der Waals surface area contributed by atoms with E-state index in [0.717, 1.165) is 5.69 Å². The largest absolute Gasteiger partial charge is 0.465 e. The third kappa shape index (κ3) is 5.36. The number of carbonyl (C=O) groups is 1. The molecule has 1 unspecified atom stereocenters. The number of hydrogen-bond acceptors (Lipinski definition) is 4. The Balaban J connectivity index is 2.50. The highest BCUT2D eigenvalue weighted by molar-refractivity contribution is 7.80. The molecule has 1 rings (SSSR count). The number of benzene rings is 1. The zero-order valence-electron chi connectivity index (χ0n) is 11.8. The van der Waals surface area contributed by atoms with Crippen LogP contribution in [0.3, 0.4) is 0 Å². The number of nitrogens with zero attached hydrogens (tertiary/aromatic N) is 1. The van der Waals surface area contributed by atoms with Crippen LogP contribution in [0.25, 0.3) is 0 Å². The van der Waals surface area contributed by atoms with E-state index in [1.807, 2.05) is 30.3 Å².